The zero-order valence-corrected chi connectivity index (χ0v) is 20.5. The Labute approximate surface area is 190 Å². The molecule has 2 rings (SSSR count). The van der Waals surface area contributed by atoms with Crippen LogP contribution in [0.5, 0.6) is 11.5 Å². The van der Waals surface area contributed by atoms with E-state index in [1.807, 2.05) is 16.7 Å². The molecule has 0 spiro atoms. The fraction of sp³-hybridized carbons (Fsp3) is 0.550. The SMILES string of the molecule is CCc1nncn1CCNC(=NC)NCC(C)(C)c1ccc(OC)c(OC)c1.I. The van der Waals surface area contributed by atoms with Gasteiger partial charge in [0.2, 0.25) is 0 Å². The van der Waals surface area contributed by atoms with Crippen molar-refractivity contribution < 1.29 is 9.47 Å². The molecule has 0 unspecified atom stereocenters. The van der Waals surface area contributed by atoms with Gasteiger partial charge < -0.3 is 24.7 Å². The minimum absolute atomic E-state index is 0. The van der Waals surface area contributed by atoms with Gasteiger partial charge in [-0.25, -0.2) is 0 Å². The van der Waals surface area contributed by atoms with E-state index in [1.165, 1.54) is 0 Å². The summed E-state index contributed by atoms with van der Waals surface area (Å²) >= 11 is 0. The molecule has 0 aliphatic heterocycles. The maximum absolute atomic E-state index is 5.43. The van der Waals surface area contributed by atoms with Crippen LogP contribution in [0, 0.1) is 0 Å². The first-order valence-corrected chi connectivity index (χ1v) is 9.48. The van der Waals surface area contributed by atoms with Gasteiger partial charge in [0.05, 0.1) is 14.2 Å². The fourth-order valence-corrected chi connectivity index (χ4v) is 2.92. The molecule has 9 heteroatoms. The second kappa shape index (κ2) is 11.8. The smallest absolute Gasteiger partial charge is 0.191 e. The van der Waals surface area contributed by atoms with Gasteiger partial charge in [-0.05, 0) is 17.7 Å². The lowest BCUT2D eigenvalue weighted by Crippen LogP contribution is -2.44. The highest BCUT2D eigenvalue weighted by Gasteiger charge is 2.22. The molecule has 0 bridgehead atoms. The highest BCUT2D eigenvalue weighted by Crippen LogP contribution is 2.32. The largest absolute Gasteiger partial charge is 0.493 e. The Morgan fingerprint density at radius 2 is 1.90 bits per heavy atom. The van der Waals surface area contributed by atoms with Crippen molar-refractivity contribution in [1.29, 1.82) is 0 Å². The van der Waals surface area contributed by atoms with E-state index >= 15 is 0 Å². The second-order valence-electron chi connectivity index (χ2n) is 7.10. The van der Waals surface area contributed by atoms with Gasteiger partial charge in [-0.15, -0.1) is 34.2 Å². The van der Waals surface area contributed by atoms with Crippen molar-refractivity contribution >= 4 is 29.9 Å². The average Bonchev–Trinajstić information content (AvgIpc) is 3.17. The minimum atomic E-state index is -0.124. The van der Waals surface area contributed by atoms with Crippen LogP contribution in [0.15, 0.2) is 29.5 Å². The number of ether oxygens (including phenoxy) is 2. The Morgan fingerprint density at radius 1 is 1.17 bits per heavy atom. The first-order valence-electron chi connectivity index (χ1n) is 9.48. The molecule has 162 valence electrons. The van der Waals surface area contributed by atoms with Crippen molar-refractivity contribution in [3.05, 3.63) is 35.9 Å². The summed E-state index contributed by atoms with van der Waals surface area (Å²) in [6.07, 6.45) is 2.63. The van der Waals surface area contributed by atoms with E-state index in [0.29, 0.717) is 0 Å². The normalized spacial score (nSPS) is 11.6. The minimum Gasteiger partial charge on any atom is -0.493 e. The molecule has 0 radical (unpaired) electrons. The number of nitrogens with zero attached hydrogens (tertiary/aromatic N) is 4. The Hall–Kier alpha value is -2.04. The molecule has 1 aromatic carbocycles. The van der Waals surface area contributed by atoms with Crippen LogP contribution in [-0.4, -0.2) is 55.1 Å². The third kappa shape index (κ3) is 6.76. The zero-order valence-electron chi connectivity index (χ0n) is 18.2. The van der Waals surface area contributed by atoms with Crippen LogP contribution in [0.3, 0.4) is 0 Å². The van der Waals surface area contributed by atoms with Crippen LogP contribution in [-0.2, 0) is 18.4 Å². The van der Waals surface area contributed by atoms with Gasteiger partial charge in [0, 0.05) is 38.5 Å². The van der Waals surface area contributed by atoms with Crippen LogP contribution in [0.1, 0.15) is 32.2 Å². The van der Waals surface area contributed by atoms with E-state index in [2.05, 4.69) is 52.7 Å². The molecule has 0 atom stereocenters. The molecular weight excluding hydrogens is 483 g/mol. The number of nitrogens with one attached hydrogen (secondary N) is 2. The summed E-state index contributed by atoms with van der Waals surface area (Å²) in [7, 11) is 5.07. The van der Waals surface area contributed by atoms with E-state index in [4.69, 9.17) is 9.47 Å². The average molecular weight is 516 g/mol. The predicted octanol–water partition coefficient (Wildman–Crippen LogP) is 2.62. The molecule has 0 aliphatic rings. The lowest BCUT2D eigenvalue weighted by atomic mass is 9.84. The third-order valence-electron chi connectivity index (χ3n) is 4.74. The Balaban J connectivity index is 0.00000420. The van der Waals surface area contributed by atoms with Gasteiger partial charge in [0.1, 0.15) is 12.2 Å². The van der Waals surface area contributed by atoms with Gasteiger partial charge in [-0.2, -0.15) is 0 Å². The van der Waals surface area contributed by atoms with Gasteiger partial charge in [0.25, 0.3) is 0 Å². The van der Waals surface area contributed by atoms with Gasteiger partial charge in [0.15, 0.2) is 17.5 Å². The number of aryl methyl sites for hydroxylation is 1. The number of aliphatic imine (C=N–C) groups is 1. The molecule has 0 aliphatic carbocycles. The molecule has 1 aromatic heterocycles. The lowest BCUT2D eigenvalue weighted by Gasteiger charge is -2.27. The highest BCUT2D eigenvalue weighted by atomic mass is 127. The molecule has 2 aromatic rings. The van der Waals surface area contributed by atoms with Crippen LogP contribution in [0.4, 0.5) is 0 Å². The number of benzene rings is 1. The number of aromatic nitrogens is 3. The van der Waals surface area contributed by atoms with E-state index in [9.17, 15) is 0 Å². The predicted molar refractivity (Wildman–Crippen MR) is 127 cm³/mol. The number of hydrogen-bond donors (Lipinski definition) is 2. The van der Waals surface area contributed by atoms with Crippen molar-refractivity contribution in [3.8, 4) is 11.5 Å². The first-order chi connectivity index (χ1) is 13.4. The number of halogens is 1. The van der Waals surface area contributed by atoms with Crippen LogP contribution < -0.4 is 20.1 Å². The molecule has 0 saturated heterocycles. The monoisotopic (exact) mass is 516 g/mol. The van der Waals surface area contributed by atoms with Crippen molar-refractivity contribution in [2.24, 2.45) is 4.99 Å². The second-order valence-corrected chi connectivity index (χ2v) is 7.10. The van der Waals surface area contributed by atoms with Crippen LogP contribution in [0.2, 0.25) is 0 Å². The van der Waals surface area contributed by atoms with Crippen molar-refractivity contribution in [2.45, 2.75) is 39.2 Å². The highest BCUT2D eigenvalue weighted by molar-refractivity contribution is 14.0. The van der Waals surface area contributed by atoms with E-state index in [-0.39, 0.29) is 29.4 Å². The Bertz CT molecular complexity index is 791. The molecule has 2 N–H and O–H groups in total. The zero-order chi connectivity index (χ0) is 20.6. The van der Waals surface area contributed by atoms with E-state index < -0.39 is 0 Å². The topological polar surface area (TPSA) is 85.6 Å². The number of rotatable bonds is 9. The molecule has 0 amide bonds. The fourth-order valence-electron chi connectivity index (χ4n) is 2.92. The molecule has 0 fully saturated rings. The standard InChI is InChI=1S/C20H32N6O2.HI/c1-7-18-25-24-14-26(18)11-10-22-19(21-4)23-13-20(2,3)15-8-9-16(27-5)17(12-15)28-6;/h8-9,12,14H,7,10-11,13H2,1-6H3,(H2,21,22,23);1H. The van der Waals surface area contributed by atoms with Gasteiger partial charge in [-0.3, -0.25) is 4.99 Å². The lowest BCUT2D eigenvalue weighted by molar-refractivity contribution is 0.353. The summed E-state index contributed by atoms with van der Waals surface area (Å²) in [5.41, 5.74) is 1.03. The first kappa shape index (κ1) is 25.0. The molecule has 0 saturated carbocycles. The maximum Gasteiger partial charge on any atom is 0.191 e. The summed E-state index contributed by atoms with van der Waals surface area (Å²) < 4.78 is 12.8. The summed E-state index contributed by atoms with van der Waals surface area (Å²) in [5, 5.41) is 14.8. The van der Waals surface area contributed by atoms with Crippen molar-refractivity contribution in [1.82, 2.24) is 25.4 Å². The summed E-state index contributed by atoms with van der Waals surface area (Å²) in [6, 6.07) is 6.03. The van der Waals surface area contributed by atoms with Gasteiger partial charge in [-0.1, -0.05) is 26.8 Å². The van der Waals surface area contributed by atoms with E-state index in [1.54, 1.807) is 27.6 Å². The molecule has 1 heterocycles. The number of guanidine groups is 1. The maximum atomic E-state index is 5.43. The summed E-state index contributed by atoms with van der Waals surface area (Å²) in [5.74, 6) is 3.21. The molecule has 8 nitrogen and oxygen atoms in total. The number of hydrogen-bond acceptors (Lipinski definition) is 5. The molecular formula is C20H33IN6O2. The summed E-state index contributed by atoms with van der Waals surface area (Å²) in [6.45, 7) is 8.68. The van der Waals surface area contributed by atoms with Crippen LogP contribution >= 0.6 is 24.0 Å². The Kier molecular flexibility index (Phi) is 10.2. The van der Waals surface area contributed by atoms with E-state index in [0.717, 1.165) is 54.9 Å². The third-order valence-corrected chi connectivity index (χ3v) is 4.74. The van der Waals surface area contributed by atoms with Crippen molar-refractivity contribution in [3.63, 3.8) is 0 Å². The number of methoxy groups -OCH3 is 2. The van der Waals surface area contributed by atoms with Crippen LogP contribution in [0.25, 0.3) is 0 Å². The van der Waals surface area contributed by atoms with Gasteiger partial charge >= 0.3 is 0 Å². The quantitative estimate of drug-likeness (QED) is 0.303. The Morgan fingerprint density at radius 3 is 2.52 bits per heavy atom. The summed E-state index contributed by atoms with van der Waals surface area (Å²) in [4.78, 5) is 4.32. The van der Waals surface area contributed by atoms with Crippen molar-refractivity contribution in [2.75, 3.05) is 34.4 Å². The molecule has 29 heavy (non-hydrogen) atoms.